The molecule has 3 aliphatic carbocycles. The van der Waals surface area contributed by atoms with E-state index in [-0.39, 0.29) is 11.6 Å². The van der Waals surface area contributed by atoms with E-state index in [2.05, 4.69) is 0 Å². The summed E-state index contributed by atoms with van der Waals surface area (Å²) in [5.74, 6) is -0.257. The van der Waals surface area contributed by atoms with Gasteiger partial charge in [0.05, 0.1) is 0 Å². The van der Waals surface area contributed by atoms with E-state index in [4.69, 9.17) is 0 Å². The van der Waals surface area contributed by atoms with Gasteiger partial charge in [-0.15, -0.1) is 0 Å². The molecule has 0 N–H and O–H groups in total. The molecule has 0 unspecified atom stereocenters. The number of rotatable bonds is 1. The van der Waals surface area contributed by atoms with Crippen molar-refractivity contribution in [3.8, 4) is 11.1 Å². The zero-order chi connectivity index (χ0) is 12.5. The van der Waals surface area contributed by atoms with Crippen molar-refractivity contribution in [3.63, 3.8) is 0 Å². The smallest absolute Gasteiger partial charge is 0.186 e. The Morgan fingerprint density at radius 2 is 1.56 bits per heavy atom. The van der Waals surface area contributed by atoms with E-state index in [1.54, 1.807) is 0 Å². The molecule has 0 heterocycles. The first-order valence-corrected chi connectivity index (χ1v) is 5.72. The van der Waals surface area contributed by atoms with Crippen LogP contribution in [0, 0.1) is 0 Å². The van der Waals surface area contributed by atoms with E-state index in [0.29, 0.717) is 5.57 Å². The SMILES string of the molecule is O=C1C=CC(=O)C(c2ccc3cccccc2-3)=C1. The summed E-state index contributed by atoms with van der Waals surface area (Å²) in [5, 5.41) is 0. The third kappa shape index (κ3) is 1.68. The van der Waals surface area contributed by atoms with E-state index in [0.717, 1.165) is 16.7 Å². The molecular weight excluding hydrogens is 224 g/mol. The number of fused-ring (bicyclic) bond motifs is 1. The molecule has 0 aromatic heterocycles. The second kappa shape index (κ2) is 4.08. The van der Waals surface area contributed by atoms with Crippen molar-refractivity contribution < 1.29 is 9.59 Å². The van der Waals surface area contributed by atoms with Crippen molar-refractivity contribution in [1.29, 1.82) is 0 Å². The van der Waals surface area contributed by atoms with Gasteiger partial charge in [0.15, 0.2) is 11.6 Å². The molecule has 3 rings (SSSR count). The minimum absolute atomic E-state index is 0.117. The average molecular weight is 234 g/mol. The first-order valence-electron chi connectivity index (χ1n) is 5.72. The fourth-order valence-corrected chi connectivity index (χ4v) is 2.17. The number of allylic oxidation sites excluding steroid dienone is 4. The molecule has 0 saturated carbocycles. The Bertz CT molecular complexity index is 677. The summed E-state index contributed by atoms with van der Waals surface area (Å²) in [6.07, 6.45) is 4.04. The molecule has 18 heavy (non-hydrogen) atoms. The van der Waals surface area contributed by atoms with Crippen LogP contribution in [0.4, 0.5) is 0 Å². The van der Waals surface area contributed by atoms with Gasteiger partial charge in [-0.05, 0) is 34.9 Å². The molecule has 0 amide bonds. The Hall–Kier alpha value is -2.48. The first-order chi connectivity index (χ1) is 8.75. The van der Waals surface area contributed by atoms with Gasteiger partial charge in [0.25, 0.3) is 0 Å². The maximum absolute atomic E-state index is 11.9. The highest BCUT2D eigenvalue weighted by Gasteiger charge is 2.19. The molecule has 0 radical (unpaired) electrons. The van der Waals surface area contributed by atoms with Crippen molar-refractivity contribution in [2.75, 3.05) is 0 Å². The lowest BCUT2D eigenvalue weighted by molar-refractivity contribution is -0.113. The quantitative estimate of drug-likeness (QED) is 0.711. The largest absolute Gasteiger partial charge is 0.290 e. The Labute approximate surface area is 105 Å². The molecule has 0 aromatic rings. The summed E-state index contributed by atoms with van der Waals surface area (Å²) in [7, 11) is 0. The predicted molar refractivity (Wildman–Crippen MR) is 70.2 cm³/mol. The van der Waals surface area contributed by atoms with E-state index >= 15 is 0 Å². The third-order valence-corrected chi connectivity index (χ3v) is 3.03. The van der Waals surface area contributed by atoms with Gasteiger partial charge in [-0.25, -0.2) is 0 Å². The Balaban J connectivity index is 2.18. The summed E-state index contributed by atoms with van der Waals surface area (Å²) >= 11 is 0. The monoisotopic (exact) mass is 234 g/mol. The molecule has 0 fully saturated rings. The van der Waals surface area contributed by atoms with Crippen LogP contribution in [0.25, 0.3) is 16.7 Å². The molecule has 3 aliphatic rings. The number of ketones is 2. The topological polar surface area (TPSA) is 34.1 Å². The summed E-state index contributed by atoms with van der Waals surface area (Å²) in [6, 6.07) is 13.6. The van der Waals surface area contributed by atoms with Gasteiger partial charge in [0.2, 0.25) is 0 Å². The van der Waals surface area contributed by atoms with E-state index < -0.39 is 0 Å². The number of hydrogen-bond acceptors (Lipinski definition) is 2. The lowest BCUT2D eigenvalue weighted by Gasteiger charge is -2.07. The minimum Gasteiger partial charge on any atom is -0.290 e. The fourth-order valence-electron chi connectivity index (χ4n) is 2.17. The molecule has 86 valence electrons. The van der Waals surface area contributed by atoms with Crippen LogP contribution in [0.5, 0.6) is 0 Å². The van der Waals surface area contributed by atoms with Crippen LogP contribution < -0.4 is 0 Å². The molecule has 2 nitrogen and oxygen atoms in total. The lowest BCUT2D eigenvalue weighted by atomic mass is 9.95. The van der Waals surface area contributed by atoms with E-state index in [1.807, 2.05) is 42.5 Å². The predicted octanol–water partition coefficient (Wildman–Crippen LogP) is 2.88. The van der Waals surface area contributed by atoms with E-state index in [1.165, 1.54) is 18.2 Å². The van der Waals surface area contributed by atoms with Crippen molar-refractivity contribution in [3.05, 3.63) is 66.3 Å². The Morgan fingerprint density at radius 1 is 0.722 bits per heavy atom. The zero-order valence-corrected chi connectivity index (χ0v) is 9.59. The van der Waals surface area contributed by atoms with Crippen molar-refractivity contribution >= 4 is 17.1 Å². The van der Waals surface area contributed by atoms with Crippen molar-refractivity contribution in [2.24, 2.45) is 0 Å². The minimum atomic E-state index is -0.140. The average Bonchev–Trinajstić information content (AvgIpc) is 2.61. The summed E-state index contributed by atoms with van der Waals surface area (Å²) < 4.78 is 0. The van der Waals surface area contributed by atoms with Gasteiger partial charge < -0.3 is 0 Å². The zero-order valence-electron chi connectivity index (χ0n) is 9.59. The summed E-state index contributed by atoms with van der Waals surface area (Å²) in [5.41, 5.74) is 3.35. The van der Waals surface area contributed by atoms with Crippen LogP contribution in [0.1, 0.15) is 5.56 Å². The van der Waals surface area contributed by atoms with Gasteiger partial charge in [-0.1, -0.05) is 42.5 Å². The maximum atomic E-state index is 11.9. The van der Waals surface area contributed by atoms with Crippen molar-refractivity contribution in [2.45, 2.75) is 0 Å². The number of carbonyl (C=O) groups excluding carboxylic acids is 2. The molecule has 0 spiro atoms. The summed E-state index contributed by atoms with van der Waals surface area (Å²) in [4.78, 5) is 23.2. The molecule has 0 aromatic carbocycles. The lowest BCUT2D eigenvalue weighted by Crippen LogP contribution is -2.06. The van der Waals surface area contributed by atoms with Crippen LogP contribution in [0.2, 0.25) is 0 Å². The molecule has 0 saturated heterocycles. The van der Waals surface area contributed by atoms with Crippen molar-refractivity contribution in [1.82, 2.24) is 0 Å². The second-order valence-electron chi connectivity index (χ2n) is 4.18. The highest BCUT2D eigenvalue weighted by Crippen LogP contribution is 2.33. The Kier molecular flexibility index (Phi) is 2.41. The molecule has 0 bridgehead atoms. The number of carbonyl (C=O) groups is 2. The number of hydrogen-bond donors (Lipinski definition) is 0. The van der Waals surface area contributed by atoms with E-state index in [9.17, 15) is 9.59 Å². The van der Waals surface area contributed by atoms with Gasteiger partial charge in [0, 0.05) is 5.57 Å². The van der Waals surface area contributed by atoms with Crippen LogP contribution in [-0.4, -0.2) is 11.6 Å². The molecule has 2 heteroatoms. The normalized spacial score (nSPS) is 15.0. The van der Waals surface area contributed by atoms with Crippen LogP contribution in [0.3, 0.4) is 0 Å². The first kappa shape index (κ1) is 10.7. The highest BCUT2D eigenvalue weighted by atomic mass is 16.1. The molecular formula is C16H10O2. The van der Waals surface area contributed by atoms with Gasteiger partial charge in [-0.3, -0.25) is 9.59 Å². The van der Waals surface area contributed by atoms with Gasteiger partial charge >= 0.3 is 0 Å². The standard InChI is InChI=1S/C16H10O2/c17-12-7-9-16(18)15(10-12)14-8-6-11-4-2-1-3-5-13(11)14/h1-10H. The molecule has 0 atom stereocenters. The van der Waals surface area contributed by atoms with Gasteiger partial charge in [-0.2, -0.15) is 0 Å². The Morgan fingerprint density at radius 3 is 2.44 bits per heavy atom. The maximum Gasteiger partial charge on any atom is 0.186 e. The fraction of sp³-hybridized carbons (Fsp3) is 0. The third-order valence-electron chi connectivity index (χ3n) is 3.03. The molecule has 0 aliphatic heterocycles. The summed E-state index contributed by atoms with van der Waals surface area (Å²) in [6.45, 7) is 0. The van der Waals surface area contributed by atoms with Crippen LogP contribution in [0.15, 0.2) is 60.7 Å². The highest BCUT2D eigenvalue weighted by molar-refractivity contribution is 6.34. The van der Waals surface area contributed by atoms with Gasteiger partial charge in [0.1, 0.15) is 0 Å². The van der Waals surface area contributed by atoms with Crippen LogP contribution in [-0.2, 0) is 9.59 Å². The second-order valence-corrected chi connectivity index (χ2v) is 4.18. The van der Waals surface area contributed by atoms with Crippen LogP contribution >= 0.6 is 0 Å².